The number of carbonyl (C=O) groups is 1. The summed E-state index contributed by atoms with van der Waals surface area (Å²) >= 11 is 1.79. The Morgan fingerprint density at radius 3 is 1.86 bits per heavy atom. The van der Waals surface area contributed by atoms with Gasteiger partial charge in [-0.1, -0.05) is 97.1 Å². The van der Waals surface area contributed by atoms with Gasteiger partial charge >= 0.3 is 5.97 Å². The average molecular weight is 491 g/mol. The second-order valence-electron chi connectivity index (χ2n) is 8.66. The summed E-state index contributed by atoms with van der Waals surface area (Å²) in [5.74, 6) is -0.430. The highest BCUT2D eigenvalue weighted by Gasteiger charge is 2.20. The van der Waals surface area contributed by atoms with E-state index in [4.69, 9.17) is 4.74 Å². The molecule has 5 aromatic rings. The molecule has 1 N–H and O–H groups in total. The summed E-state index contributed by atoms with van der Waals surface area (Å²) in [4.78, 5) is 13.1. The lowest BCUT2D eigenvalue weighted by atomic mass is 9.99. The second kappa shape index (κ2) is 11.1. The lowest BCUT2D eigenvalue weighted by Crippen LogP contribution is -2.29. The first-order valence-electron chi connectivity index (χ1n) is 11.9. The zero-order valence-electron chi connectivity index (χ0n) is 19.7. The SMILES string of the molecule is O=C(O)[C@@H](Cc1ccccc1)Oc1ccc(-c2ccc(-c3ccsc3Cc3ccccc3)cc2)cc1. The normalized spacial score (nSPS) is 11.7. The van der Waals surface area contributed by atoms with Crippen LogP contribution in [-0.4, -0.2) is 17.2 Å². The number of rotatable bonds is 9. The van der Waals surface area contributed by atoms with Gasteiger partial charge in [-0.3, -0.25) is 0 Å². The highest BCUT2D eigenvalue weighted by molar-refractivity contribution is 7.10. The molecule has 4 aromatic carbocycles. The average Bonchev–Trinajstić information content (AvgIpc) is 3.38. The van der Waals surface area contributed by atoms with Crippen molar-refractivity contribution in [3.63, 3.8) is 0 Å². The zero-order valence-corrected chi connectivity index (χ0v) is 20.5. The molecular weight excluding hydrogens is 464 g/mol. The van der Waals surface area contributed by atoms with Crippen LogP contribution in [0.2, 0.25) is 0 Å². The molecule has 5 rings (SSSR count). The number of carboxylic acids is 1. The van der Waals surface area contributed by atoms with Crippen LogP contribution < -0.4 is 4.74 Å². The van der Waals surface area contributed by atoms with Crippen LogP contribution in [0.5, 0.6) is 5.75 Å². The van der Waals surface area contributed by atoms with Crippen molar-refractivity contribution in [1.29, 1.82) is 0 Å². The lowest BCUT2D eigenvalue weighted by molar-refractivity contribution is -0.145. The first-order valence-corrected chi connectivity index (χ1v) is 12.8. The summed E-state index contributed by atoms with van der Waals surface area (Å²) in [5.41, 5.74) is 6.88. The molecule has 0 radical (unpaired) electrons. The quantitative estimate of drug-likeness (QED) is 0.230. The third kappa shape index (κ3) is 5.73. The number of hydrogen-bond acceptors (Lipinski definition) is 3. The van der Waals surface area contributed by atoms with Crippen LogP contribution in [0.25, 0.3) is 22.3 Å². The molecule has 1 aromatic heterocycles. The van der Waals surface area contributed by atoms with Crippen molar-refractivity contribution in [3.8, 4) is 28.0 Å². The topological polar surface area (TPSA) is 46.5 Å². The summed E-state index contributed by atoms with van der Waals surface area (Å²) in [5, 5.41) is 11.8. The van der Waals surface area contributed by atoms with Gasteiger partial charge in [-0.15, -0.1) is 11.3 Å². The summed E-state index contributed by atoms with van der Waals surface area (Å²) in [6.07, 6.45) is 0.306. The summed E-state index contributed by atoms with van der Waals surface area (Å²) in [6, 6.07) is 38.5. The van der Waals surface area contributed by atoms with Crippen LogP contribution >= 0.6 is 11.3 Å². The first-order chi connectivity index (χ1) is 17.7. The molecule has 0 aliphatic carbocycles. The van der Waals surface area contributed by atoms with E-state index in [9.17, 15) is 9.90 Å². The van der Waals surface area contributed by atoms with Crippen molar-refractivity contribution in [2.24, 2.45) is 0 Å². The Morgan fingerprint density at radius 2 is 1.25 bits per heavy atom. The Morgan fingerprint density at radius 1 is 0.694 bits per heavy atom. The molecular formula is C32H26O3S. The van der Waals surface area contributed by atoms with Crippen LogP contribution in [0.4, 0.5) is 0 Å². The Bertz CT molecular complexity index is 1410. The molecule has 1 atom stereocenters. The van der Waals surface area contributed by atoms with E-state index in [1.54, 1.807) is 11.3 Å². The minimum absolute atomic E-state index is 0.314. The van der Waals surface area contributed by atoms with Gasteiger partial charge in [0.15, 0.2) is 6.10 Å². The molecule has 3 nitrogen and oxygen atoms in total. The van der Waals surface area contributed by atoms with E-state index < -0.39 is 12.1 Å². The maximum Gasteiger partial charge on any atom is 0.345 e. The minimum atomic E-state index is -0.974. The molecule has 4 heteroatoms. The summed E-state index contributed by atoms with van der Waals surface area (Å²) in [7, 11) is 0. The predicted octanol–water partition coefficient (Wildman–Crippen LogP) is 7.75. The Hall–Kier alpha value is -4.15. The molecule has 0 amide bonds. The highest BCUT2D eigenvalue weighted by Crippen LogP contribution is 2.32. The fourth-order valence-corrected chi connectivity index (χ4v) is 5.19. The van der Waals surface area contributed by atoms with Crippen molar-refractivity contribution in [2.75, 3.05) is 0 Å². The third-order valence-corrected chi connectivity index (χ3v) is 7.08. The van der Waals surface area contributed by atoms with E-state index in [1.807, 2.05) is 60.7 Å². The second-order valence-corrected chi connectivity index (χ2v) is 9.66. The molecule has 0 saturated heterocycles. The highest BCUT2D eigenvalue weighted by atomic mass is 32.1. The van der Waals surface area contributed by atoms with Gasteiger partial charge in [-0.25, -0.2) is 4.79 Å². The Labute approximate surface area is 215 Å². The van der Waals surface area contributed by atoms with Gasteiger partial charge < -0.3 is 9.84 Å². The molecule has 36 heavy (non-hydrogen) atoms. The molecule has 0 aliphatic heterocycles. The van der Waals surface area contributed by atoms with E-state index in [-0.39, 0.29) is 0 Å². The standard InChI is InChI=1S/C32H26O3S/c33-32(34)30(21-23-7-3-1-4-8-23)35-28-17-15-26(16-18-28)25-11-13-27(14-12-25)29-19-20-36-31(29)22-24-9-5-2-6-10-24/h1-20,30H,21-22H2,(H,33,34)/t30-/m1/s1. The zero-order chi connectivity index (χ0) is 24.7. The van der Waals surface area contributed by atoms with E-state index in [2.05, 4.69) is 60.0 Å². The van der Waals surface area contributed by atoms with E-state index in [1.165, 1.54) is 21.6 Å². The molecule has 0 saturated carbocycles. The Balaban J connectivity index is 1.27. The molecule has 1 heterocycles. The van der Waals surface area contributed by atoms with E-state index in [0.29, 0.717) is 12.2 Å². The number of carboxylic acid groups (broad SMARTS) is 1. The van der Waals surface area contributed by atoms with Crippen molar-refractivity contribution >= 4 is 17.3 Å². The fraction of sp³-hybridized carbons (Fsp3) is 0.0938. The molecule has 178 valence electrons. The molecule has 0 unspecified atom stereocenters. The number of thiophene rings is 1. The van der Waals surface area contributed by atoms with Crippen molar-refractivity contribution in [2.45, 2.75) is 18.9 Å². The van der Waals surface area contributed by atoms with Crippen LogP contribution in [-0.2, 0) is 17.6 Å². The number of hydrogen-bond donors (Lipinski definition) is 1. The monoisotopic (exact) mass is 490 g/mol. The van der Waals surface area contributed by atoms with E-state index in [0.717, 1.165) is 23.1 Å². The first kappa shape index (κ1) is 23.6. The van der Waals surface area contributed by atoms with Gasteiger partial charge in [-0.2, -0.15) is 0 Å². The van der Waals surface area contributed by atoms with Crippen LogP contribution in [0, 0.1) is 0 Å². The minimum Gasteiger partial charge on any atom is -0.478 e. The number of aliphatic carboxylic acids is 1. The van der Waals surface area contributed by atoms with Gasteiger partial charge in [0, 0.05) is 17.7 Å². The summed E-state index contributed by atoms with van der Waals surface area (Å²) in [6.45, 7) is 0. The maximum absolute atomic E-state index is 11.7. The number of benzene rings is 4. The summed E-state index contributed by atoms with van der Waals surface area (Å²) < 4.78 is 5.80. The predicted molar refractivity (Wildman–Crippen MR) is 147 cm³/mol. The lowest BCUT2D eigenvalue weighted by Gasteiger charge is -2.15. The fourth-order valence-electron chi connectivity index (χ4n) is 4.26. The molecule has 0 bridgehead atoms. The van der Waals surface area contributed by atoms with Crippen LogP contribution in [0.3, 0.4) is 0 Å². The smallest absolute Gasteiger partial charge is 0.345 e. The van der Waals surface area contributed by atoms with Gasteiger partial charge in [0.1, 0.15) is 5.75 Å². The molecule has 0 spiro atoms. The van der Waals surface area contributed by atoms with Crippen LogP contribution in [0.15, 0.2) is 121 Å². The van der Waals surface area contributed by atoms with Gasteiger partial charge in [-0.05, 0) is 57.0 Å². The molecule has 0 aliphatic rings. The maximum atomic E-state index is 11.7. The van der Waals surface area contributed by atoms with Crippen molar-refractivity contribution < 1.29 is 14.6 Å². The largest absolute Gasteiger partial charge is 0.478 e. The van der Waals surface area contributed by atoms with Crippen molar-refractivity contribution in [1.82, 2.24) is 0 Å². The molecule has 0 fully saturated rings. The van der Waals surface area contributed by atoms with Crippen LogP contribution in [0.1, 0.15) is 16.0 Å². The Kier molecular flexibility index (Phi) is 7.25. The van der Waals surface area contributed by atoms with E-state index >= 15 is 0 Å². The third-order valence-electron chi connectivity index (χ3n) is 6.15. The van der Waals surface area contributed by atoms with Gasteiger partial charge in [0.25, 0.3) is 0 Å². The van der Waals surface area contributed by atoms with Crippen molar-refractivity contribution in [3.05, 3.63) is 137 Å². The number of ether oxygens (including phenoxy) is 1. The van der Waals surface area contributed by atoms with Gasteiger partial charge in [0.05, 0.1) is 0 Å². The van der Waals surface area contributed by atoms with Gasteiger partial charge in [0.2, 0.25) is 0 Å².